The lowest BCUT2D eigenvalue weighted by atomic mass is 10.2. The van der Waals surface area contributed by atoms with Crippen molar-refractivity contribution in [3.63, 3.8) is 0 Å². The smallest absolute Gasteiger partial charge is 0.252 e. The Hall–Kier alpha value is -2.48. The van der Waals surface area contributed by atoms with Crippen LogP contribution in [-0.4, -0.2) is 28.9 Å². The number of nitrogens with zero attached hydrogens (tertiary/aromatic N) is 2. The molecule has 0 aromatic carbocycles. The molecule has 0 radical (unpaired) electrons. The van der Waals surface area contributed by atoms with E-state index in [1.165, 1.54) is 0 Å². The number of nitrogens with one attached hydrogen (secondary N) is 2. The van der Waals surface area contributed by atoms with Crippen LogP contribution in [0.5, 0.6) is 0 Å². The van der Waals surface area contributed by atoms with Gasteiger partial charge >= 0.3 is 0 Å². The molecule has 0 aliphatic carbocycles. The van der Waals surface area contributed by atoms with E-state index in [1.807, 2.05) is 0 Å². The van der Waals surface area contributed by atoms with E-state index in [4.69, 9.17) is 6.42 Å². The molecular weight excluding hydrogens is 216 g/mol. The zero-order chi connectivity index (χ0) is 12.3. The number of hydrogen-bond acceptors (Lipinski definition) is 3. The van der Waals surface area contributed by atoms with E-state index in [1.54, 1.807) is 36.1 Å². The Balaban J connectivity index is 2.51. The highest BCUT2D eigenvalue weighted by molar-refractivity contribution is 5.95. The van der Waals surface area contributed by atoms with Crippen LogP contribution in [0.2, 0.25) is 0 Å². The van der Waals surface area contributed by atoms with Gasteiger partial charge in [0, 0.05) is 25.6 Å². The molecule has 0 aliphatic rings. The fourth-order valence-electron chi connectivity index (χ4n) is 1.58. The zero-order valence-corrected chi connectivity index (χ0v) is 9.40. The van der Waals surface area contributed by atoms with E-state index in [0.29, 0.717) is 12.1 Å². The highest BCUT2D eigenvalue weighted by Crippen LogP contribution is 2.17. The van der Waals surface area contributed by atoms with Gasteiger partial charge in [-0.25, -0.2) is 4.98 Å². The number of terminal acetylenes is 1. The van der Waals surface area contributed by atoms with Gasteiger partial charge in [0.1, 0.15) is 0 Å². The Morgan fingerprint density at radius 3 is 3.18 bits per heavy atom. The van der Waals surface area contributed by atoms with Crippen molar-refractivity contribution in [1.82, 2.24) is 14.7 Å². The summed E-state index contributed by atoms with van der Waals surface area (Å²) < 4.78 is 1.78. The second-order valence-corrected chi connectivity index (χ2v) is 3.44. The topological polar surface area (TPSA) is 58.4 Å². The molecule has 0 spiro atoms. The SMILES string of the molecule is C#CCNc1cc(C(=O)NC)cn2ccnc12. The molecule has 5 nitrogen and oxygen atoms in total. The largest absolute Gasteiger partial charge is 0.371 e. The molecule has 0 saturated carbocycles. The summed E-state index contributed by atoms with van der Waals surface area (Å²) in [6.45, 7) is 0.389. The second kappa shape index (κ2) is 4.58. The Morgan fingerprint density at radius 2 is 2.47 bits per heavy atom. The molecule has 0 atom stereocenters. The third kappa shape index (κ3) is 2.06. The average molecular weight is 228 g/mol. The predicted octanol–water partition coefficient (Wildman–Crippen LogP) is 0.739. The first-order chi connectivity index (χ1) is 8.26. The quantitative estimate of drug-likeness (QED) is 0.762. The van der Waals surface area contributed by atoms with Gasteiger partial charge < -0.3 is 15.0 Å². The van der Waals surface area contributed by atoms with Crippen molar-refractivity contribution in [2.45, 2.75) is 0 Å². The molecule has 2 aromatic heterocycles. The van der Waals surface area contributed by atoms with Gasteiger partial charge in [0.15, 0.2) is 5.65 Å². The molecule has 2 aromatic rings. The number of imidazole rings is 1. The Morgan fingerprint density at radius 1 is 1.65 bits per heavy atom. The first-order valence-electron chi connectivity index (χ1n) is 5.12. The van der Waals surface area contributed by atoms with Gasteiger partial charge in [-0.2, -0.15) is 0 Å². The Labute approximate surface area is 98.9 Å². The standard InChI is InChI=1S/C12H12N4O/c1-3-4-14-10-7-9(12(17)13-2)8-16-6-5-15-11(10)16/h1,5-8,14H,4H2,2H3,(H,13,17). The molecule has 0 saturated heterocycles. The predicted molar refractivity (Wildman–Crippen MR) is 65.9 cm³/mol. The number of carbonyl (C=O) groups is 1. The van der Waals surface area contributed by atoms with Crippen LogP contribution in [-0.2, 0) is 0 Å². The van der Waals surface area contributed by atoms with Crippen LogP contribution in [0.15, 0.2) is 24.7 Å². The van der Waals surface area contributed by atoms with E-state index in [-0.39, 0.29) is 5.91 Å². The van der Waals surface area contributed by atoms with Gasteiger partial charge in [0.25, 0.3) is 5.91 Å². The molecule has 0 fully saturated rings. The molecule has 0 bridgehead atoms. The first-order valence-corrected chi connectivity index (χ1v) is 5.12. The minimum atomic E-state index is -0.149. The lowest BCUT2D eigenvalue weighted by Crippen LogP contribution is -2.18. The number of amides is 1. The minimum Gasteiger partial charge on any atom is -0.371 e. The van der Waals surface area contributed by atoms with Gasteiger partial charge in [0.05, 0.1) is 17.8 Å². The summed E-state index contributed by atoms with van der Waals surface area (Å²) in [5.74, 6) is 2.34. The van der Waals surface area contributed by atoms with Crippen molar-refractivity contribution in [3.05, 3.63) is 30.2 Å². The molecule has 17 heavy (non-hydrogen) atoms. The molecule has 2 heterocycles. The van der Waals surface area contributed by atoms with Gasteiger partial charge in [-0.1, -0.05) is 5.92 Å². The van der Waals surface area contributed by atoms with Crippen LogP contribution >= 0.6 is 0 Å². The van der Waals surface area contributed by atoms with E-state index < -0.39 is 0 Å². The number of aromatic nitrogens is 2. The first kappa shape index (κ1) is 11.0. The molecule has 0 aliphatic heterocycles. The molecule has 1 amide bonds. The second-order valence-electron chi connectivity index (χ2n) is 3.44. The average Bonchev–Trinajstić information content (AvgIpc) is 2.82. The summed E-state index contributed by atoms with van der Waals surface area (Å²) in [4.78, 5) is 15.8. The molecular formula is C12H12N4O. The number of fused-ring (bicyclic) bond motifs is 1. The fraction of sp³-hybridized carbons (Fsp3) is 0.167. The monoisotopic (exact) mass is 228 g/mol. The zero-order valence-electron chi connectivity index (χ0n) is 9.40. The lowest BCUT2D eigenvalue weighted by Gasteiger charge is -2.08. The maximum atomic E-state index is 11.6. The van der Waals surface area contributed by atoms with Crippen LogP contribution in [0.3, 0.4) is 0 Å². The molecule has 2 rings (SSSR count). The van der Waals surface area contributed by atoms with Crippen molar-refractivity contribution in [3.8, 4) is 12.3 Å². The summed E-state index contributed by atoms with van der Waals surface area (Å²) in [5, 5.41) is 5.62. The van der Waals surface area contributed by atoms with E-state index in [9.17, 15) is 4.79 Å². The molecule has 86 valence electrons. The van der Waals surface area contributed by atoms with Gasteiger partial charge in [-0.05, 0) is 6.07 Å². The van der Waals surface area contributed by atoms with Crippen LogP contribution in [0.25, 0.3) is 5.65 Å². The number of hydrogen-bond donors (Lipinski definition) is 2. The van der Waals surface area contributed by atoms with Crippen molar-refractivity contribution < 1.29 is 4.79 Å². The van der Waals surface area contributed by atoms with Crippen LogP contribution in [0, 0.1) is 12.3 Å². The number of pyridine rings is 1. The highest BCUT2D eigenvalue weighted by atomic mass is 16.1. The Kier molecular flexibility index (Phi) is 2.97. The number of anilines is 1. The maximum absolute atomic E-state index is 11.6. The van der Waals surface area contributed by atoms with Gasteiger partial charge in [-0.3, -0.25) is 4.79 Å². The summed E-state index contributed by atoms with van der Waals surface area (Å²) in [6, 6.07) is 1.73. The number of rotatable bonds is 3. The summed E-state index contributed by atoms with van der Waals surface area (Å²) in [6.07, 6.45) is 10.4. The third-order valence-electron chi connectivity index (χ3n) is 2.36. The van der Waals surface area contributed by atoms with Crippen molar-refractivity contribution in [2.24, 2.45) is 0 Å². The third-order valence-corrected chi connectivity index (χ3v) is 2.36. The minimum absolute atomic E-state index is 0.149. The summed E-state index contributed by atoms with van der Waals surface area (Å²) >= 11 is 0. The van der Waals surface area contributed by atoms with E-state index >= 15 is 0 Å². The van der Waals surface area contributed by atoms with Crippen molar-refractivity contribution in [1.29, 1.82) is 0 Å². The number of carbonyl (C=O) groups excluding carboxylic acids is 1. The normalized spacial score (nSPS) is 9.88. The Bertz CT molecular complexity index is 594. The fourth-order valence-corrected chi connectivity index (χ4v) is 1.58. The molecule has 2 N–H and O–H groups in total. The summed E-state index contributed by atoms with van der Waals surface area (Å²) in [5.41, 5.74) is 2.04. The summed E-state index contributed by atoms with van der Waals surface area (Å²) in [7, 11) is 1.59. The van der Waals surface area contributed by atoms with Crippen LogP contribution in [0.4, 0.5) is 5.69 Å². The van der Waals surface area contributed by atoms with Crippen molar-refractivity contribution >= 4 is 17.2 Å². The van der Waals surface area contributed by atoms with Crippen LogP contribution < -0.4 is 10.6 Å². The van der Waals surface area contributed by atoms with Gasteiger partial charge in [0.2, 0.25) is 0 Å². The van der Waals surface area contributed by atoms with Gasteiger partial charge in [-0.15, -0.1) is 6.42 Å². The lowest BCUT2D eigenvalue weighted by molar-refractivity contribution is 0.0962. The van der Waals surface area contributed by atoms with Crippen molar-refractivity contribution in [2.75, 3.05) is 18.9 Å². The molecule has 5 heteroatoms. The maximum Gasteiger partial charge on any atom is 0.252 e. The van der Waals surface area contributed by atoms with E-state index in [2.05, 4.69) is 21.5 Å². The molecule has 0 unspecified atom stereocenters. The highest BCUT2D eigenvalue weighted by Gasteiger charge is 2.09. The van der Waals surface area contributed by atoms with Crippen LogP contribution in [0.1, 0.15) is 10.4 Å². The van der Waals surface area contributed by atoms with E-state index in [0.717, 1.165) is 11.3 Å².